The van der Waals surface area contributed by atoms with E-state index in [1.54, 1.807) is 12.1 Å². The van der Waals surface area contributed by atoms with E-state index in [4.69, 9.17) is 0 Å². The number of benzene rings is 3. The summed E-state index contributed by atoms with van der Waals surface area (Å²) in [7, 11) is 1.92. The average Bonchev–Trinajstić information content (AvgIpc) is 3.22. The first-order valence-corrected chi connectivity index (χ1v) is 9.97. The lowest BCUT2D eigenvalue weighted by Crippen LogP contribution is -2.20. The molecule has 6 heteroatoms. The average molecular weight is 399 g/mol. The SMILES string of the molecule is CNCCCn1c2ccc(O)cc2c2c3c(c(-c4ccccc4)cc21)C(=O)NC3=O. The van der Waals surface area contributed by atoms with Gasteiger partial charge in [0.25, 0.3) is 11.8 Å². The van der Waals surface area contributed by atoms with Gasteiger partial charge >= 0.3 is 0 Å². The van der Waals surface area contributed by atoms with E-state index in [1.807, 2.05) is 49.5 Å². The standard InChI is InChI=1S/C24H21N3O3/c1-25-10-5-11-27-18-9-8-15(28)12-17(18)20-19(27)13-16(14-6-3-2-4-7-14)21-22(20)24(30)26-23(21)29/h2-4,6-9,12-13,25,28H,5,10-11H2,1H3,(H,26,29,30). The molecular weight excluding hydrogens is 378 g/mol. The molecule has 0 radical (unpaired) electrons. The topological polar surface area (TPSA) is 83.4 Å². The molecule has 0 aliphatic carbocycles. The first kappa shape index (κ1) is 18.4. The Kier molecular flexibility index (Phi) is 4.29. The smallest absolute Gasteiger partial charge is 0.259 e. The molecule has 0 unspecified atom stereocenters. The monoisotopic (exact) mass is 399 g/mol. The minimum absolute atomic E-state index is 0.127. The van der Waals surface area contributed by atoms with E-state index in [-0.39, 0.29) is 11.7 Å². The minimum Gasteiger partial charge on any atom is -0.508 e. The van der Waals surface area contributed by atoms with Crippen LogP contribution >= 0.6 is 0 Å². The van der Waals surface area contributed by atoms with Crippen molar-refractivity contribution in [1.82, 2.24) is 15.2 Å². The summed E-state index contributed by atoms with van der Waals surface area (Å²) in [6, 6.07) is 16.8. The normalized spacial score (nSPS) is 13.2. The molecule has 0 atom stereocenters. The van der Waals surface area contributed by atoms with Crippen molar-refractivity contribution in [3.63, 3.8) is 0 Å². The number of aromatic nitrogens is 1. The van der Waals surface area contributed by atoms with E-state index in [1.165, 1.54) is 0 Å². The number of nitrogens with zero attached hydrogens (tertiary/aromatic N) is 1. The van der Waals surface area contributed by atoms with Crippen molar-refractivity contribution in [2.75, 3.05) is 13.6 Å². The molecule has 30 heavy (non-hydrogen) atoms. The number of phenolic OH excluding ortho intramolecular Hbond substituents is 1. The highest BCUT2D eigenvalue weighted by Crippen LogP contribution is 2.41. The number of nitrogens with one attached hydrogen (secondary N) is 2. The Bertz CT molecular complexity index is 1320. The molecule has 0 fully saturated rings. The molecule has 1 aromatic heterocycles. The third-order valence-electron chi connectivity index (χ3n) is 5.71. The van der Waals surface area contributed by atoms with Crippen molar-refractivity contribution in [2.45, 2.75) is 13.0 Å². The van der Waals surface area contributed by atoms with Crippen molar-refractivity contribution in [3.05, 3.63) is 65.7 Å². The summed E-state index contributed by atoms with van der Waals surface area (Å²) >= 11 is 0. The fourth-order valence-corrected chi connectivity index (χ4v) is 4.43. The number of aryl methyl sites for hydroxylation is 1. The number of hydrogen-bond donors (Lipinski definition) is 3. The predicted molar refractivity (Wildman–Crippen MR) is 117 cm³/mol. The van der Waals surface area contributed by atoms with Gasteiger partial charge in [-0.2, -0.15) is 0 Å². The lowest BCUT2D eigenvalue weighted by Gasteiger charge is -2.11. The maximum atomic E-state index is 12.9. The van der Waals surface area contributed by atoms with Crippen LogP contribution in [0.1, 0.15) is 27.1 Å². The molecule has 4 aromatic rings. The fourth-order valence-electron chi connectivity index (χ4n) is 4.43. The van der Waals surface area contributed by atoms with Gasteiger partial charge in [0.1, 0.15) is 5.75 Å². The first-order valence-electron chi connectivity index (χ1n) is 9.97. The number of carbonyl (C=O) groups excluding carboxylic acids is 2. The maximum absolute atomic E-state index is 12.9. The van der Waals surface area contributed by atoms with E-state index < -0.39 is 5.91 Å². The van der Waals surface area contributed by atoms with Gasteiger partial charge in [0.2, 0.25) is 0 Å². The van der Waals surface area contributed by atoms with Crippen LogP contribution in [0.4, 0.5) is 0 Å². The van der Waals surface area contributed by atoms with E-state index in [0.29, 0.717) is 16.5 Å². The van der Waals surface area contributed by atoms with Crippen LogP contribution in [0.25, 0.3) is 32.9 Å². The molecule has 0 saturated carbocycles. The second kappa shape index (κ2) is 7.00. The lowest BCUT2D eigenvalue weighted by atomic mass is 9.93. The summed E-state index contributed by atoms with van der Waals surface area (Å²) < 4.78 is 2.17. The predicted octanol–water partition coefficient (Wildman–Crippen LogP) is 3.66. The van der Waals surface area contributed by atoms with Gasteiger partial charge < -0.3 is 15.0 Å². The van der Waals surface area contributed by atoms with Crippen LogP contribution in [0.3, 0.4) is 0 Å². The zero-order chi connectivity index (χ0) is 20.8. The molecule has 6 nitrogen and oxygen atoms in total. The van der Waals surface area contributed by atoms with Gasteiger partial charge in [-0.1, -0.05) is 30.3 Å². The Balaban J connectivity index is 1.92. The molecule has 5 rings (SSSR count). The van der Waals surface area contributed by atoms with Gasteiger partial charge in [0.15, 0.2) is 0 Å². The lowest BCUT2D eigenvalue weighted by molar-refractivity contribution is 0.0880. The Labute approximate surface area is 173 Å². The number of imide groups is 1. The largest absolute Gasteiger partial charge is 0.508 e. The molecule has 3 aromatic carbocycles. The third-order valence-corrected chi connectivity index (χ3v) is 5.71. The molecule has 3 N–H and O–H groups in total. The molecule has 1 aliphatic rings. The maximum Gasteiger partial charge on any atom is 0.259 e. The van der Waals surface area contributed by atoms with Crippen molar-refractivity contribution in [2.24, 2.45) is 0 Å². The second-order valence-electron chi connectivity index (χ2n) is 7.53. The van der Waals surface area contributed by atoms with Crippen LogP contribution in [0.5, 0.6) is 5.75 Å². The highest BCUT2D eigenvalue weighted by molar-refractivity contribution is 6.32. The Hall–Kier alpha value is -3.64. The summed E-state index contributed by atoms with van der Waals surface area (Å²) in [5.74, 6) is -0.648. The van der Waals surface area contributed by atoms with Crippen LogP contribution in [0.15, 0.2) is 54.6 Å². The summed E-state index contributed by atoms with van der Waals surface area (Å²) in [5, 5.41) is 17.2. The van der Waals surface area contributed by atoms with Gasteiger partial charge in [-0.25, -0.2) is 0 Å². The van der Waals surface area contributed by atoms with Crippen molar-refractivity contribution in [3.8, 4) is 16.9 Å². The zero-order valence-electron chi connectivity index (χ0n) is 16.5. The van der Waals surface area contributed by atoms with Gasteiger partial charge in [-0.3, -0.25) is 14.9 Å². The second-order valence-corrected chi connectivity index (χ2v) is 7.53. The molecule has 0 saturated heterocycles. The number of carbonyl (C=O) groups is 2. The highest BCUT2D eigenvalue weighted by atomic mass is 16.3. The third kappa shape index (κ3) is 2.69. The van der Waals surface area contributed by atoms with Gasteiger partial charge in [0.05, 0.1) is 16.6 Å². The van der Waals surface area contributed by atoms with Crippen LogP contribution in [0, 0.1) is 0 Å². The number of aromatic hydroxyl groups is 1. The number of amides is 2. The Morgan fingerprint density at radius 2 is 1.73 bits per heavy atom. The van der Waals surface area contributed by atoms with Crippen molar-refractivity contribution < 1.29 is 14.7 Å². The van der Waals surface area contributed by atoms with Gasteiger partial charge in [-0.15, -0.1) is 0 Å². The molecular formula is C24H21N3O3. The summed E-state index contributed by atoms with van der Waals surface area (Å²) in [6.07, 6.45) is 0.902. The number of fused-ring (bicyclic) bond motifs is 5. The Morgan fingerprint density at radius 1 is 0.967 bits per heavy atom. The van der Waals surface area contributed by atoms with Crippen molar-refractivity contribution in [1.29, 1.82) is 0 Å². The summed E-state index contributed by atoms with van der Waals surface area (Å²) in [4.78, 5) is 25.6. The van der Waals surface area contributed by atoms with E-state index in [2.05, 4.69) is 15.2 Å². The number of hydrogen-bond acceptors (Lipinski definition) is 4. The summed E-state index contributed by atoms with van der Waals surface area (Å²) in [5.41, 5.74) is 4.22. The molecule has 0 bridgehead atoms. The zero-order valence-corrected chi connectivity index (χ0v) is 16.5. The van der Waals surface area contributed by atoms with Crippen LogP contribution < -0.4 is 10.6 Å². The van der Waals surface area contributed by atoms with Crippen LogP contribution in [0.2, 0.25) is 0 Å². The summed E-state index contributed by atoms with van der Waals surface area (Å²) in [6.45, 7) is 1.60. The van der Waals surface area contributed by atoms with Crippen molar-refractivity contribution >= 4 is 33.6 Å². The molecule has 2 amide bonds. The van der Waals surface area contributed by atoms with Crippen LogP contribution in [-0.4, -0.2) is 35.1 Å². The van der Waals surface area contributed by atoms with E-state index >= 15 is 0 Å². The molecule has 0 spiro atoms. The highest BCUT2D eigenvalue weighted by Gasteiger charge is 2.34. The molecule has 150 valence electrons. The van der Waals surface area contributed by atoms with E-state index in [9.17, 15) is 14.7 Å². The quantitative estimate of drug-likeness (QED) is 0.353. The van der Waals surface area contributed by atoms with E-state index in [0.717, 1.165) is 47.1 Å². The Morgan fingerprint density at radius 3 is 2.50 bits per heavy atom. The molecule has 2 heterocycles. The molecule has 1 aliphatic heterocycles. The number of rotatable bonds is 5. The van der Waals surface area contributed by atoms with Gasteiger partial charge in [0, 0.05) is 22.8 Å². The van der Waals surface area contributed by atoms with Crippen LogP contribution in [-0.2, 0) is 6.54 Å². The van der Waals surface area contributed by atoms with Gasteiger partial charge in [-0.05, 0) is 55.4 Å². The fraction of sp³-hybridized carbons (Fsp3) is 0.167. The first-order chi connectivity index (χ1) is 14.6. The minimum atomic E-state index is -0.393. The number of phenols is 1.